The monoisotopic (exact) mass is 312 g/mol. The molecule has 2 fully saturated rings. The quantitative estimate of drug-likeness (QED) is 0.897. The molecule has 3 atom stereocenters. The molecule has 0 bridgehead atoms. The van der Waals surface area contributed by atoms with E-state index in [4.69, 9.17) is 0 Å². The number of hydrogen-bond donors (Lipinski definition) is 2. The smallest absolute Gasteiger partial charge is 0.250 e. The van der Waals surface area contributed by atoms with Crippen LogP contribution in [0.1, 0.15) is 32.1 Å². The number of fused-ring (bicyclic) bond motifs is 1. The summed E-state index contributed by atoms with van der Waals surface area (Å²) in [5.74, 6) is 1.16. The molecule has 1 aliphatic heterocycles. The summed E-state index contributed by atoms with van der Waals surface area (Å²) in [7, 11) is 0. The summed E-state index contributed by atoms with van der Waals surface area (Å²) < 4.78 is 1.55. The Hall–Kier alpha value is -2.28. The second-order valence-electron chi connectivity index (χ2n) is 6.32. The van der Waals surface area contributed by atoms with Gasteiger partial charge in [-0.15, -0.1) is 0 Å². The largest absolute Gasteiger partial charge is 0.322 e. The van der Waals surface area contributed by atoms with Crippen molar-refractivity contribution in [3.63, 3.8) is 0 Å². The average Bonchev–Trinajstić information content (AvgIpc) is 3.22. The SMILES string of the molecule is O=C(Nc1cnn(-c2ncccn2)c1)[C@@H]1C[C@@H]2CCCC[C@@H]2N1. The summed E-state index contributed by atoms with van der Waals surface area (Å²) >= 11 is 0. The first-order valence-corrected chi connectivity index (χ1v) is 8.18. The van der Waals surface area contributed by atoms with Crippen LogP contribution in [-0.4, -0.2) is 37.7 Å². The van der Waals surface area contributed by atoms with Crippen molar-refractivity contribution in [2.45, 2.75) is 44.2 Å². The van der Waals surface area contributed by atoms with Crippen LogP contribution in [0, 0.1) is 5.92 Å². The Bertz CT molecular complexity index is 671. The summed E-state index contributed by atoms with van der Waals surface area (Å²) in [6, 6.07) is 2.17. The molecule has 3 heterocycles. The van der Waals surface area contributed by atoms with E-state index in [0.717, 1.165) is 6.42 Å². The summed E-state index contributed by atoms with van der Waals surface area (Å²) in [5.41, 5.74) is 0.666. The van der Waals surface area contributed by atoms with E-state index in [0.29, 0.717) is 23.6 Å². The van der Waals surface area contributed by atoms with Gasteiger partial charge in [-0.3, -0.25) is 4.79 Å². The van der Waals surface area contributed by atoms with Crippen LogP contribution >= 0.6 is 0 Å². The molecule has 2 aromatic rings. The second-order valence-corrected chi connectivity index (χ2v) is 6.32. The van der Waals surface area contributed by atoms with E-state index in [9.17, 15) is 4.79 Å². The van der Waals surface area contributed by atoms with Gasteiger partial charge in [-0.05, 0) is 31.2 Å². The van der Waals surface area contributed by atoms with Gasteiger partial charge in [0.05, 0.1) is 24.1 Å². The summed E-state index contributed by atoms with van der Waals surface area (Å²) in [4.78, 5) is 20.7. The molecule has 0 spiro atoms. The molecule has 0 aromatic carbocycles. The van der Waals surface area contributed by atoms with E-state index in [2.05, 4.69) is 25.7 Å². The van der Waals surface area contributed by atoms with Crippen LogP contribution < -0.4 is 10.6 Å². The van der Waals surface area contributed by atoms with Gasteiger partial charge >= 0.3 is 0 Å². The van der Waals surface area contributed by atoms with Gasteiger partial charge in [-0.1, -0.05) is 12.8 Å². The molecule has 23 heavy (non-hydrogen) atoms. The lowest BCUT2D eigenvalue weighted by Crippen LogP contribution is -2.39. The van der Waals surface area contributed by atoms with Crippen molar-refractivity contribution >= 4 is 11.6 Å². The maximum Gasteiger partial charge on any atom is 0.250 e. The minimum atomic E-state index is -0.0978. The molecule has 1 saturated carbocycles. The molecule has 1 saturated heterocycles. The van der Waals surface area contributed by atoms with Crippen LogP contribution in [0.15, 0.2) is 30.9 Å². The Morgan fingerprint density at radius 2 is 2.09 bits per heavy atom. The first-order chi connectivity index (χ1) is 11.3. The van der Waals surface area contributed by atoms with E-state index in [-0.39, 0.29) is 11.9 Å². The first-order valence-electron chi connectivity index (χ1n) is 8.18. The lowest BCUT2D eigenvalue weighted by molar-refractivity contribution is -0.117. The van der Waals surface area contributed by atoms with Crippen LogP contribution in [0.4, 0.5) is 5.69 Å². The predicted octanol–water partition coefficient (Wildman–Crippen LogP) is 1.52. The maximum absolute atomic E-state index is 12.5. The number of amides is 1. The minimum absolute atomic E-state index is 0.0212. The standard InChI is InChI=1S/C16H20N6O/c23-15(14-8-11-4-1-2-5-13(11)21-14)20-12-9-19-22(10-12)16-17-6-3-7-18-16/h3,6-7,9-11,13-14,21H,1-2,4-5,8H2,(H,20,23)/t11-,13-,14-/m0/s1. The van der Waals surface area contributed by atoms with Gasteiger partial charge in [0, 0.05) is 18.4 Å². The Morgan fingerprint density at radius 3 is 2.91 bits per heavy atom. The number of carbonyl (C=O) groups is 1. The van der Waals surface area contributed by atoms with E-state index < -0.39 is 0 Å². The topological polar surface area (TPSA) is 84.7 Å². The average molecular weight is 312 g/mol. The van der Waals surface area contributed by atoms with E-state index in [1.807, 2.05) is 0 Å². The first kappa shape index (κ1) is 14.3. The number of nitrogens with one attached hydrogen (secondary N) is 2. The van der Waals surface area contributed by atoms with Crippen molar-refractivity contribution in [2.75, 3.05) is 5.32 Å². The number of anilines is 1. The third-order valence-electron chi connectivity index (χ3n) is 4.79. The molecular formula is C16H20N6O. The van der Waals surface area contributed by atoms with Crippen molar-refractivity contribution in [1.82, 2.24) is 25.1 Å². The molecule has 0 unspecified atom stereocenters. The molecular weight excluding hydrogens is 292 g/mol. The van der Waals surface area contributed by atoms with Gasteiger partial charge < -0.3 is 10.6 Å². The zero-order valence-electron chi connectivity index (χ0n) is 12.9. The molecule has 120 valence electrons. The van der Waals surface area contributed by atoms with Gasteiger partial charge in [0.1, 0.15) is 0 Å². The third kappa shape index (κ3) is 2.96. The highest BCUT2D eigenvalue weighted by molar-refractivity contribution is 5.94. The Balaban J connectivity index is 1.41. The van der Waals surface area contributed by atoms with Crippen LogP contribution in [-0.2, 0) is 4.79 Å². The van der Waals surface area contributed by atoms with Crippen molar-refractivity contribution in [3.05, 3.63) is 30.9 Å². The highest BCUT2D eigenvalue weighted by atomic mass is 16.2. The number of rotatable bonds is 3. The van der Waals surface area contributed by atoms with Gasteiger partial charge in [-0.25, -0.2) is 14.6 Å². The number of aromatic nitrogens is 4. The van der Waals surface area contributed by atoms with E-state index in [1.54, 1.807) is 35.5 Å². The van der Waals surface area contributed by atoms with Crippen molar-refractivity contribution in [1.29, 1.82) is 0 Å². The highest BCUT2D eigenvalue weighted by Gasteiger charge is 2.38. The highest BCUT2D eigenvalue weighted by Crippen LogP contribution is 2.33. The number of nitrogens with zero attached hydrogens (tertiary/aromatic N) is 4. The predicted molar refractivity (Wildman–Crippen MR) is 85.1 cm³/mol. The van der Waals surface area contributed by atoms with Crippen LogP contribution in [0.25, 0.3) is 5.95 Å². The molecule has 4 rings (SSSR count). The molecule has 7 heteroatoms. The van der Waals surface area contributed by atoms with E-state index >= 15 is 0 Å². The molecule has 2 aliphatic rings. The van der Waals surface area contributed by atoms with Gasteiger partial charge in [0.25, 0.3) is 0 Å². The maximum atomic E-state index is 12.5. The zero-order chi connectivity index (χ0) is 15.6. The zero-order valence-corrected chi connectivity index (χ0v) is 12.9. The molecule has 2 aromatic heterocycles. The molecule has 7 nitrogen and oxygen atoms in total. The van der Waals surface area contributed by atoms with Gasteiger partial charge in [-0.2, -0.15) is 5.10 Å². The minimum Gasteiger partial charge on any atom is -0.322 e. The summed E-state index contributed by atoms with van der Waals surface area (Å²) in [6.07, 6.45) is 12.6. The molecule has 0 radical (unpaired) electrons. The van der Waals surface area contributed by atoms with Gasteiger partial charge in [0.15, 0.2) is 0 Å². The van der Waals surface area contributed by atoms with E-state index in [1.165, 1.54) is 25.7 Å². The summed E-state index contributed by atoms with van der Waals surface area (Å²) in [5, 5.41) is 10.6. The van der Waals surface area contributed by atoms with Crippen molar-refractivity contribution in [3.8, 4) is 5.95 Å². The Morgan fingerprint density at radius 1 is 1.26 bits per heavy atom. The summed E-state index contributed by atoms with van der Waals surface area (Å²) in [6.45, 7) is 0. The fraction of sp³-hybridized carbons (Fsp3) is 0.500. The Kier molecular flexibility index (Phi) is 3.78. The van der Waals surface area contributed by atoms with Crippen molar-refractivity contribution < 1.29 is 4.79 Å². The fourth-order valence-electron chi connectivity index (χ4n) is 3.66. The number of carbonyl (C=O) groups excluding carboxylic acids is 1. The van der Waals surface area contributed by atoms with Crippen LogP contribution in [0.5, 0.6) is 0 Å². The van der Waals surface area contributed by atoms with Crippen molar-refractivity contribution in [2.24, 2.45) is 5.92 Å². The lowest BCUT2D eigenvalue weighted by Gasteiger charge is -2.24. The normalized spacial score (nSPS) is 26.7. The second kappa shape index (κ2) is 6.08. The van der Waals surface area contributed by atoms with Crippen LogP contribution in [0.2, 0.25) is 0 Å². The molecule has 2 N–H and O–H groups in total. The molecule has 1 amide bonds. The lowest BCUT2D eigenvalue weighted by atomic mass is 9.85. The third-order valence-corrected chi connectivity index (χ3v) is 4.79. The molecule has 1 aliphatic carbocycles. The Labute approximate surface area is 134 Å². The van der Waals surface area contributed by atoms with Crippen LogP contribution in [0.3, 0.4) is 0 Å². The number of hydrogen-bond acceptors (Lipinski definition) is 5. The fourth-order valence-corrected chi connectivity index (χ4v) is 3.66. The van der Waals surface area contributed by atoms with Gasteiger partial charge in [0.2, 0.25) is 11.9 Å².